The van der Waals surface area contributed by atoms with Gasteiger partial charge < -0.3 is 10.4 Å². The molecule has 3 aromatic carbocycles. The maximum Gasteiger partial charge on any atom is 0.335 e. The number of carboxylic acid groups (broad SMARTS) is 1. The zero-order valence-corrected chi connectivity index (χ0v) is 17.1. The van der Waals surface area contributed by atoms with E-state index in [2.05, 4.69) is 5.32 Å². The number of Topliss-reactive ketones (excluding diaryl/α,β-unsaturated/α-hetero) is 2. The normalized spacial score (nSPS) is 17.2. The summed E-state index contributed by atoms with van der Waals surface area (Å²) in [4.78, 5) is 37.4. The van der Waals surface area contributed by atoms with Crippen LogP contribution in [0.25, 0.3) is 0 Å². The second-order valence-electron chi connectivity index (χ2n) is 7.17. The van der Waals surface area contributed by atoms with Crippen LogP contribution in [0.15, 0.2) is 89.1 Å². The fourth-order valence-corrected chi connectivity index (χ4v) is 5.40. The second kappa shape index (κ2) is 6.89. The summed E-state index contributed by atoms with van der Waals surface area (Å²) in [5.74, 6) is -2.42. The van der Waals surface area contributed by atoms with Gasteiger partial charge in [-0.3, -0.25) is 9.59 Å². The first-order valence-corrected chi connectivity index (χ1v) is 10.9. The topological polar surface area (TPSA) is 121 Å². The number of carboxylic acids is 1. The highest BCUT2D eigenvalue weighted by Gasteiger charge is 2.45. The monoisotopic (exact) mass is 446 g/mol. The van der Waals surface area contributed by atoms with Gasteiger partial charge in [0, 0.05) is 16.8 Å². The van der Waals surface area contributed by atoms with Gasteiger partial charge in [0.1, 0.15) is 11.4 Å². The van der Waals surface area contributed by atoms with Gasteiger partial charge in [-0.2, -0.15) is 0 Å². The Balaban J connectivity index is 1.76. The molecule has 2 aliphatic heterocycles. The molecule has 5 rings (SSSR count). The summed E-state index contributed by atoms with van der Waals surface area (Å²) >= 11 is 0. The van der Waals surface area contributed by atoms with Crippen LogP contribution in [0, 0.1) is 0 Å². The molecule has 158 valence electrons. The van der Waals surface area contributed by atoms with Gasteiger partial charge in [0.25, 0.3) is 10.0 Å². The second-order valence-corrected chi connectivity index (χ2v) is 8.96. The Labute approximate surface area is 182 Å². The molecule has 9 heteroatoms. The zero-order valence-electron chi connectivity index (χ0n) is 16.3. The number of carbonyl (C=O) groups excluding carboxylic acids is 2. The van der Waals surface area contributed by atoms with Crippen LogP contribution in [-0.2, 0) is 10.0 Å². The molecule has 0 atom stereocenters. The molecule has 0 bridgehead atoms. The number of rotatable bonds is 3. The van der Waals surface area contributed by atoms with Crippen molar-refractivity contribution >= 4 is 38.9 Å². The van der Waals surface area contributed by atoms with Gasteiger partial charge in [-0.25, -0.2) is 17.5 Å². The summed E-state index contributed by atoms with van der Waals surface area (Å²) in [5.41, 5.74) is 0.308. The summed E-state index contributed by atoms with van der Waals surface area (Å²) in [6.45, 7) is 0. The van der Waals surface area contributed by atoms with Crippen LogP contribution in [0.1, 0.15) is 31.1 Å². The van der Waals surface area contributed by atoms with Crippen molar-refractivity contribution in [1.82, 2.24) is 0 Å². The average molecular weight is 446 g/mol. The van der Waals surface area contributed by atoms with Crippen molar-refractivity contribution in [3.8, 4) is 0 Å². The van der Waals surface area contributed by atoms with Gasteiger partial charge >= 0.3 is 5.97 Å². The van der Waals surface area contributed by atoms with E-state index in [9.17, 15) is 27.9 Å². The first-order chi connectivity index (χ1) is 15.3. The molecule has 32 heavy (non-hydrogen) atoms. The summed E-state index contributed by atoms with van der Waals surface area (Å²) in [7, 11) is -4.44. The van der Waals surface area contributed by atoms with Gasteiger partial charge in [0.2, 0.25) is 11.6 Å². The Morgan fingerprint density at radius 1 is 0.844 bits per heavy atom. The number of fused-ring (bicyclic) bond motifs is 2. The third-order valence-corrected chi connectivity index (χ3v) is 7.01. The molecule has 0 saturated heterocycles. The van der Waals surface area contributed by atoms with Gasteiger partial charge in [-0.15, -0.1) is 0 Å². The van der Waals surface area contributed by atoms with Crippen LogP contribution in [0.3, 0.4) is 0 Å². The van der Waals surface area contributed by atoms with Gasteiger partial charge in [-0.05, 0) is 42.5 Å². The number of para-hydroxylation sites is 2. The van der Waals surface area contributed by atoms with Crippen LogP contribution in [-0.4, -0.2) is 31.1 Å². The zero-order chi connectivity index (χ0) is 22.6. The number of sulfonamides is 1. The molecule has 0 aliphatic carbocycles. The molecular formula is C23H14N2O6S. The van der Waals surface area contributed by atoms with E-state index in [1.54, 1.807) is 36.4 Å². The molecular weight excluding hydrogens is 432 g/mol. The molecule has 0 amide bonds. The molecule has 8 nitrogen and oxygen atoms in total. The molecule has 0 fully saturated rings. The van der Waals surface area contributed by atoms with E-state index in [0.717, 1.165) is 10.4 Å². The van der Waals surface area contributed by atoms with Crippen LogP contribution in [0.2, 0.25) is 0 Å². The van der Waals surface area contributed by atoms with Crippen molar-refractivity contribution in [1.29, 1.82) is 0 Å². The lowest BCUT2D eigenvalue weighted by Gasteiger charge is -2.21. The number of carbonyl (C=O) groups is 3. The molecule has 0 aromatic heterocycles. The van der Waals surface area contributed by atoms with Crippen LogP contribution in [0.4, 0.5) is 11.4 Å². The fourth-order valence-electron chi connectivity index (χ4n) is 3.83. The lowest BCUT2D eigenvalue weighted by Crippen LogP contribution is -2.31. The van der Waals surface area contributed by atoms with Crippen molar-refractivity contribution in [2.45, 2.75) is 4.90 Å². The minimum atomic E-state index is -4.44. The SMILES string of the molecule is O=C(O)c1cccc(S(=O)(=O)N2/C(=C3/Nc4ccccc4C3=O)C(=O)c3ccccc32)c1. The van der Waals surface area contributed by atoms with Crippen molar-refractivity contribution < 1.29 is 27.9 Å². The lowest BCUT2D eigenvalue weighted by atomic mass is 10.1. The molecule has 0 unspecified atom stereocenters. The van der Waals surface area contributed by atoms with Crippen LogP contribution < -0.4 is 9.62 Å². The first kappa shape index (κ1) is 19.7. The quantitative estimate of drug-likeness (QED) is 0.592. The highest BCUT2D eigenvalue weighted by molar-refractivity contribution is 7.93. The number of anilines is 2. The van der Waals surface area contributed by atoms with Crippen LogP contribution in [0.5, 0.6) is 0 Å². The minimum Gasteiger partial charge on any atom is -0.478 e. The van der Waals surface area contributed by atoms with E-state index < -0.39 is 27.6 Å². The highest BCUT2D eigenvalue weighted by atomic mass is 32.2. The smallest absolute Gasteiger partial charge is 0.335 e. The Kier molecular flexibility index (Phi) is 4.24. The van der Waals surface area contributed by atoms with E-state index in [-0.39, 0.29) is 33.1 Å². The van der Waals surface area contributed by atoms with E-state index in [1.165, 1.54) is 30.3 Å². The predicted molar refractivity (Wildman–Crippen MR) is 115 cm³/mol. The minimum absolute atomic E-state index is 0.0892. The Hall–Kier alpha value is -4.24. The van der Waals surface area contributed by atoms with E-state index in [0.29, 0.717) is 11.3 Å². The molecule has 3 aromatic rings. The molecule has 0 saturated carbocycles. The molecule has 2 N–H and O–H groups in total. The Morgan fingerprint density at radius 3 is 2.25 bits per heavy atom. The van der Waals surface area contributed by atoms with Crippen molar-refractivity contribution in [2.75, 3.05) is 9.62 Å². The van der Waals surface area contributed by atoms with E-state index >= 15 is 0 Å². The summed E-state index contributed by atoms with van der Waals surface area (Å²) in [6.07, 6.45) is 0. The standard InChI is InChI=1S/C23H14N2O6S/c26-21-15-8-1-3-10-17(15)24-19(21)20-22(27)16-9-2-4-11-18(16)25(20)32(30,31)14-7-5-6-13(12-14)23(28)29/h1-12,24H,(H,28,29)/b20-19+. The van der Waals surface area contributed by atoms with Crippen LogP contribution >= 0.6 is 0 Å². The number of allylic oxidation sites excluding steroid dienone is 2. The molecule has 0 spiro atoms. The van der Waals surface area contributed by atoms with Gasteiger partial charge in [0.05, 0.1) is 16.1 Å². The lowest BCUT2D eigenvalue weighted by molar-refractivity contribution is 0.0696. The van der Waals surface area contributed by atoms with Crippen molar-refractivity contribution in [3.05, 3.63) is 101 Å². The number of nitrogens with zero attached hydrogens (tertiary/aromatic N) is 1. The average Bonchev–Trinajstić information content (AvgIpc) is 3.28. The Bertz CT molecular complexity index is 1490. The Morgan fingerprint density at radius 2 is 1.53 bits per heavy atom. The summed E-state index contributed by atoms with van der Waals surface area (Å²) in [5, 5.41) is 12.2. The van der Waals surface area contributed by atoms with E-state index in [4.69, 9.17) is 0 Å². The summed E-state index contributed by atoms with van der Waals surface area (Å²) in [6, 6.07) is 17.6. The maximum atomic E-state index is 13.7. The van der Waals surface area contributed by atoms with Crippen molar-refractivity contribution in [2.24, 2.45) is 0 Å². The molecule has 2 heterocycles. The first-order valence-electron chi connectivity index (χ1n) is 9.48. The summed E-state index contributed by atoms with van der Waals surface area (Å²) < 4.78 is 28.2. The van der Waals surface area contributed by atoms with E-state index in [1.807, 2.05) is 0 Å². The number of hydrogen-bond acceptors (Lipinski definition) is 6. The number of nitrogens with one attached hydrogen (secondary N) is 1. The predicted octanol–water partition coefficient (Wildman–Crippen LogP) is 3.30. The third-order valence-electron chi connectivity index (χ3n) is 5.30. The third kappa shape index (κ3) is 2.75. The largest absolute Gasteiger partial charge is 0.478 e. The van der Waals surface area contributed by atoms with Crippen molar-refractivity contribution in [3.63, 3.8) is 0 Å². The van der Waals surface area contributed by atoms with Gasteiger partial charge in [-0.1, -0.05) is 30.3 Å². The number of hydrogen-bond donors (Lipinski definition) is 2. The number of ketones is 2. The highest BCUT2D eigenvalue weighted by Crippen LogP contribution is 2.42. The molecule has 0 radical (unpaired) electrons. The number of benzene rings is 3. The maximum absolute atomic E-state index is 13.7. The molecule has 2 aliphatic rings. The fraction of sp³-hybridized carbons (Fsp3) is 0. The van der Waals surface area contributed by atoms with Gasteiger partial charge in [0.15, 0.2) is 0 Å². The number of aromatic carboxylic acids is 1.